The van der Waals surface area contributed by atoms with Crippen molar-refractivity contribution in [2.75, 3.05) is 6.61 Å². The molecule has 0 spiro atoms. The van der Waals surface area contributed by atoms with Gasteiger partial charge >= 0.3 is 12.0 Å². The van der Waals surface area contributed by atoms with Crippen LogP contribution in [0, 0.1) is 0 Å². The molecule has 1 aliphatic rings. The minimum Gasteiger partial charge on any atom is -0.428 e. The Morgan fingerprint density at radius 1 is 1.21 bits per heavy atom. The fraction of sp³-hybridized carbons (Fsp3) is 0.538. The Morgan fingerprint density at radius 2 is 1.89 bits per heavy atom. The first-order chi connectivity index (χ1) is 8.81. The first-order valence-corrected chi connectivity index (χ1v) is 5.96. The summed E-state index contributed by atoms with van der Waals surface area (Å²) in [5.74, 6) is -4.52. The average molecular weight is 278 g/mol. The van der Waals surface area contributed by atoms with Crippen LogP contribution in [0.2, 0.25) is 0 Å². The lowest BCUT2D eigenvalue weighted by Crippen LogP contribution is -2.43. The van der Waals surface area contributed by atoms with E-state index in [1.54, 1.807) is 12.1 Å². The monoisotopic (exact) mass is 278 g/mol. The van der Waals surface area contributed by atoms with Crippen molar-refractivity contribution < 1.29 is 27.0 Å². The Labute approximate surface area is 108 Å². The molecule has 0 bridgehead atoms. The van der Waals surface area contributed by atoms with E-state index < -0.39 is 12.0 Å². The number of rotatable bonds is 4. The van der Waals surface area contributed by atoms with Crippen molar-refractivity contribution in [3.63, 3.8) is 0 Å². The summed E-state index contributed by atoms with van der Waals surface area (Å²) in [4.78, 5) is 0. The Kier molecular flexibility index (Phi) is 3.71. The third-order valence-corrected chi connectivity index (χ3v) is 2.94. The van der Waals surface area contributed by atoms with Crippen LogP contribution in [0.25, 0.3) is 0 Å². The van der Waals surface area contributed by atoms with Crippen molar-refractivity contribution in [1.29, 1.82) is 0 Å². The molecule has 0 N–H and O–H groups in total. The Hall–Kier alpha value is -1.30. The molecule has 6 heteroatoms. The van der Waals surface area contributed by atoms with Crippen molar-refractivity contribution in [3.8, 4) is 5.75 Å². The highest BCUT2D eigenvalue weighted by Gasteiger charge is 2.55. The largest absolute Gasteiger partial charge is 0.463 e. The molecule has 106 valence electrons. The number of benzene rings is 1. The van der Waals surface area contributed by atoms with Gasteiger partial charge in [0.2, 0.25) is 0 Å². The minimum absolute atomic E-state index is 0.127. The zero-order chi connectivity index (χ0) is 14.1. The van der Waals surface area contributed by atoms with E-state index in [1.807, 2.05) is 0 Å². The molecule has 0 amide bonds. The summed E-state index contributed by atoms with van der Waals surface area (Å²) in [6.07, 6.45) is -3.47. The van der Waals surface area contributed by atoms with E-state index in [4.69, 9.17) is 4.74 Å². The van der Waals surface area contributed by atoms with Gasteiger partial charge in [0.25, 0.3) is 0 Å². The third-order valence-electron chi connectivity index (χ3n) is 2.94. The van der Waals surface area contributed by atoms with E-state index in [9.17, 15) is 17.6 Å². The van der Waals surface area contributed by atoms with Crippen LogP contribution in [0.4, 0.5) is 17.6 Å². The maximum Gasteiger partial charge on any atom is 0.463 e. The smallest absolute Gasteiger partial charge is 0.428 e. The SMILES string of the molecule is CC(F)(F)C(F)(F)Oc1ccccc1C1CCCO1. The predicted octanol–water partition coefficient (Wildman–Crippen LogP) is 4.16. The summed E-state index contributed by atoms with van der Waals surface area (Å²) in [5, 5.41) is 0. The van der Waals surface area contributed by atoms with Crippen LogP contribution in [-0.2, 0) is 4.74 Å². The van der Waals surface area contributed by atoms with Gasteiger partial charge in [0.15, 0.2) is 0 Å². The fourth-order valence-corrected chi connectivity index (χ4v) is 1.89. The van der Waals surface area contributed by atoms with Crippen LogP contribution in [-0.4, -0.2) is 18.6 Å². The van der Waals surface area contributed by atoms with Crippen molar-refractivity contribution in [2.24, 2.45) is 0 Å². The van der Waals surface area contributed by atoms with Crippen molar-refractivity contribution in [3.05, 3.63) is 29.8 Å². The van der Waals surface area contributed by atoms with Crippen LogP contribution >= 0.6 is 0 Å². The number of alkyl halides is 4. The number of para-hydroxylation sites is 1. The summed E-state index contributed by atoms with van der Waals surface area (Å²) in [7, 11) is 0. The lowest BCUT2D eigenvalue weighted by atomic mass is 10.1. The van der Waals surface area contributed by atoms with Crippen LogP contribution in [0.1, 0.15) is 31.4 Å². The first kappa shape index (κ1) is 14.1. The molecule has 0 saturated carbocycles. The van der Waals surface area contributed by atoms with Gasteiger partial charge in [-0.15, -0.1) is 0 Å². The molecule has 1 saturated heterocycles. The second kappa shape index (κ2) is 5.00. The Morgan fingerprint density at radius 3 is 2.47 bits per heavy atom. The number of halogens is 4. The molecule has 1 unspecified atom stereocenters. The highest BCUT2D eigenvalue weighted by atomic mass is 19.3. The summed E-state index contributed by atoms with van der Waals surface area (Å²) in [6, 6.07) is 5.88. The van der Waals surface area contributed by atoms with E-state index in [1.165, 1.54) is 12.1 Å². The van der Waals surface area contributed by atoms with E-state index in [-0.39, 0.29) is 18.8 Å². The zero-order valence-corrected chi connectivity index (χ0v) is 10.3. The highest BCUT2D eigenvalue weighted by molar-refractivity contribution is 5.36. The summed E-state index contributed by atoms with van der Waals surface area (Å²) < 4.78 is 61.7. The summed E-state index contributed by atoms with van der Waals surface area (Å²) in [5.41, 5.74) is 0.379. The molecular formula is C13H14F4O2. The number of hydrogen-bond acceptors (Lipinski definition) is 2. The fourth-order valence-electron chi connectivity index (χ4n) is 1.89. The lowest BCUT2D eigenvalue weighted by Gasteiger charge is -2.25. The molecule has 1 atom stereocenters. The molecule has 2 nitrogen and oxygen atoms in total. The zero-order valence-electron chi connectivity index (χ0n) is 10.3. The van der Waals surface area contributed by atoms with Crippen molar-refractivity contribution >= 4 is 0 Å². The maximum atomic E-state index is 13.3. The van der Waals surface area contributed by atoms with Crippen LogP contribution in [0.15, 0.2) is 24.3 Å². The first-order valence-electron chi connectivity index (χ1n) is 5.96. The molecular weight excluding hydrogens is 264 g/mol. The molecule has 1 aliphatic heterocycles. The summed E-state index contributed by atoms with van der Waals surface area (Å²) in [6.45, 7) is 0.654. The van der Waals surface area contributed by atoms with Gasteiger partial charge in [0, 0.05) is 19.1 Å². The van der Waals surface area contributed by atoms with E-state index in [0.717, 1.165) is 6.42 Å². The second-order valence-electron chi connectivity index (χ2n) is 4.55. The highest BCUT2D eigenvalue weighted by Crippen LogP contribution is 2.40. The molecule has 1 fully saturated rings. The van der Waals surface area contributed by atoms with Crippen molar-refractivity contribution in [2.45, 2.75) is 37.9 Å². The third kappa shape index (κ3) is 3.00. The van der Waals surface area contributed by atoms with Crippen LogP contribution in [0.5, 0.6) is 5.75 Å². The molecule has 1 aromatic rings. The van der Waals surface area contributed by atoms with E-state index >= 15 is 0 Å². The molecule has 0 aliphatic carbocycles. The van der Waals surface area contributed by atoms with Crippen LogP contribution in [0.3, 0.4) is 0 Å². The molecule has 1 heterocycles. The number of ether oxygens (including phenoxy) is 2. The summed E-state index contributed by atoms with van der Waals surface area (Å²) >= 11 is 0. The van der Waals surface area contributed by atoms with Gasteiger partial charge in [0.05, 0.1) is 6.10 Å². The lowest BCUT2D eigenvalue weighted by molar-refractivity contribution is -0.301. The van der Waals surface area contributed by atoms with Crippen molar-refractivity contribution in [1.82, 2.24) is 0 Å². The van der Waals surface area contributed by atoms with Gasteiger partial charge < -0.3 is 9.47 Å². The van der Waals surface area contributed by atoms with Gasteiger partial charge in [-0.1, -0.05) is 18.2 Å². The predicted molar refractivity (Wildman–Crippen MR) is 60.6 cm³/mol. The second-order valence-corrected chi connectivity index (χ2v) is 4.55. The molecule has 0 radical (unpaired) electrons. The molecule has 2 rings (SSSR count). The number of hydrogen-bond donors (Lipinski definition) is 0. The minimum atomic E-state index is -4.55. The van der Waals surface area contributed by atoms with Crippen LogP contribution < -0.4 is 4.74 Å². The van der Waals surface area contributed by atoms with Gasteiger partial charge in [-0.25, -0.2) is 0 Å². The molecule has 0 aromatic heterocycles. The van der Waals surface area contributed by atoms with E-state index in [0.29, 0.717) is 18.6 Å². The van der Waals surface area contributed by atoms with Gasteiger partial charge in [-0.05, 0) is 18.9 Å². The standard InChI is InChI=1S/C13H14F4O2/c1-12(14,15)13(16,17)19-11-6-3-2-5-9(11)10-7-4-8-18-10/h2-3,5-6,10H,4,7-8H2,1H3. The topological polar surface area (TPSA) is 18.5 Å². The van der Waals surface area contributed by atoms with Gasteiger partial charge in [-0.2, -0.15) is 17.6 Å². The van der Waals surface area contributed by atoms with E-state index in [2.05, 4.69) is 4.74 Å². The Bertz CT molecular complexity index is 437. The average Bonchev–Trinajstić information content (AvgIpc) is 2.81. The van der Waals surface area contributed by atoms with Gasteiger partial charge in [-0.3, -0.25) is 0 Å². The normalized spacial score (nSPS) is 20.6. The molecule has 19 heavy (non-hydrogen) atoms. The Balaban J connectivity index is 2.25. The maximum absolute atomic E-state index is 13.3. The molecule has 1 aromatic carbocycles. The quantitative estimate of drug-likeness (QED) is 0.770. The van der Waals surface area contributed by atoms with Gasteiger partial charge in [0.1, 0.15) is 5.75 Å².